The Morgan fingerprint density at radius 3 is 2.88 bits per heavy atom. The molecular weight excluding hydrogens is 200 g/mol. The Kier molecular flexibility index (Phi) is 2.07. The average Bonchev–Trinajstić information content (AvgIpc) is 2.96. The second-order valence-corrected chi connectivity index (χ2v) is 3.50. The van der Waals surface area contributed by atoms with E-state index in [4.69, 9.17) is 4.42 Å². The molecule has 16 heavy (non-hydrogen) atoms. The summed E-state index contributed by atoms with van der Waals surface area (Å²) in [4.78, 5) is 0. The monoisotopic (exact) mass is 210 g/mol. The molecule has 1 N–H and O–H groups in total. The lowest BCUT2D eigenvalue weighted by atomic mass is 10.2. The molecule has 0 saturated heterocycles. The molecule has 0 fully saturated rings. The maximum absolute atomic E-state index is 5.22. The summed E-state index contributed by atoms with van der Waals surface area (Å²) >= 11 is 0. The third kappa shape index (κ3) is 1.52. The highest BCUT2D eigenvalue weighted by molar-refractivity contribution is 5.88. The second kappa shape index (κ2) is 3.70. The van der Waals surface area contributed by atoms with Crippen molar-refractivity contribution in [3.05, 3.63) is 54.1 Å². The molecule has 0 unspecified atom stereocenters. The smallest absolute Gasteiger partial charge is 0.126 e. The van der Waals surface area contributed by atoms with Crippen molar-refractivity contribution in [2.24, 2.45) is 0 Å². The molecule has 2 aromatic heterocycles. The lowest BCUT2D eigenvalue weighted by Gasteiger charge is -1.88. The van der Waals surface area contributed by atoms with Gasteiger partial charge in [0.15, 0.2) is 0 Å². The number of furan rings is 1. The van der Waals surface area contributed by atoms with Crippen LogP contribution in [0.3, 0.4) is 0 Å². The van der Waals surface area contributed by atoms with Crippen LogP contribution in [0.2, 0.25) is 0 Å². The highest BCUT2D eigenvalue weighted by Crippen LogP contribution is 2.17. The zero-order chi connectivity index (χ0) is 10.8. The first-order valence-electron chi connectivity index (χ1n) is 5.08. The van der Waals surface area contributed by atoms with Crippen LogP contribution in [0.25, 0.3) is 23.1 Å². The van der Waals surface area contributed by atoms with Gasteiger partial charge in [-0.15, -0.1) is 0 Å². The van der Waals surface area contributed by atoms with Crippen LogP contribution < -0.4 is 0 Å². The molecular formula is C13H10N2O. The number of para-hydroxylation sites is 1. The lowest BCUT2D eigenvalue weighted by molar-refractivity contribution is 0.557. The van der Waals surface area contributed by atoms with Crippen molar-refractivity contribution in [1.29, 1.82) is 0 Å². The van der Waals surface area contributed by atoms with Crippen molar-refractivity contribution in [2.45, 2.75) is 0 Å². The molecule has 0 aliphatic rings. The minimum Gasteiger partial charge on any atom is -0.465 e. The Morgan fingerprint density at radius 1 is 1.06 bits per heavy atom. The third-order valence-electron chi connectivity index (χ3n) is 2.45. The van der Waals surface area contributed by atoms with Gasteiger partial charge in [0.05, 0.1) is 17.5 Å². The Hall–Kier alpha value is -2.29. The van der Waals surface area contributed by atoms with Gasteiger partial charge in [0.2, 0.25) is 0 Å². The lowest BCUT2D eigenvalue weighted by Crippen LogP contribution is -1.71. The summed E-state index contributed by atoms with van der Waals surface area (Å²) in [6, 6.07) is 11.8. The van der Waals surface area contributed by atoms with Crippen LogP contribution in [0.15, 0.2) is 47.1 Å². The Morgan fingerprint density at radius 2 is 2.00 bits per heavy atom. The number of benzene rings is 1. The molecule has 1 aromatic carbocycles. The van der Waals surface area contributed by atoms with Crippen LogP contribution in [0.1, 0.15) is 11.5 Å². The summed E-state index contributed by atoms with van der Waals surface area (Å²) in [5, 5.41) is 8.34. The SMILES string of the molecule is C(=C\c1n[nH]c2ccccc12)/c1ccco1. The molecule has 78 valence electrons. The molecule has 3 nitrogen and oxygen atoms in total. The average molecular weight is 210 g/mol. The predicted octanol–water partition coefficient (Wildman–Crippen LogP) is 3.33. The van der Waals surface area contributed by atoms with Gasteiger partial charge in [-0.05, 0) is 30.4 Å². The first-order chi connectivity index (χ1) is 7.93. The third-order valence-corrected chi connectivity index (χ3v) is 2.45. The van der Waals surface area contributed by atoms with E-state index in [0.717, 1.165) is 22.4 Å². The fourth-order valence-corrected chi connectivity index (χ4v) is 1.66. The van der Waals surface area contributed by atoms with Gasteiger partial charge in [0.1, 0.15) is 5.76 Å². The van der Waals surface area contributed by atoms with Crippen LogP contribution in [-0.4, -0.2) is 10.2 Å². The number of nitrogens with zero attached hydrogens (tertiary/aromatic N) is 1. The molecule has 2 heterocycles. The molecule has 0 aliphatic heterocycles. The Balaban J connectivity index is 2.01. The highest BCUT2D eigenvalue weighted by atomic mass is 16.3. The maximum atomic E-state index is 5.22. The number of hydrogen-bond acceptors (Lipinski definition) is 2. The zero-order valence-corrected chi connectivity index (χ0v) is 8.55. The Labute approximate surface area is 92.4 Å². The van der Waals surface area contributed by atoms with Crippen LogP contribution >= 0.6 is 0 Å². The van der Waals surface area contributed by atoms with E-state index in [2.05, 4.69) is 10.2 Å². The number of rotatable bonds is 2. The highest BCUT2D eigenvalue weighted by Gasteiger charge is 2.00. The quantitative estimate of drug-likeness (QED) is 0.704. The maximum Gasteiger partial charge on any atom is 0.126 e. The van der Waals surface area contributed by atoms with E-state index in [1.807, 2.05) is 48.6 Å². The van der Waals surface area contributed by atoms with Gasteiger partial charge < -0.3 is 4.42 Å². The minimum atomic E-state index is 0.826. The van der Waals surface area contributed by atoms with Crippen molar-refractivity contribution in [1.82, 2.24) is 10.2 Å². The summed E-state index contributed by atoms with van der Waals surface area (Å²) in [6.07, 6.45) is 5.50. The predicted molar refractivity (Wildman–Crippen MR) is 63.7 cm³/mol. The molecule has 0 radical (unpaired) electrons. The molecule has 3 heteroatoms. The largest absolute Gasteiger partial charge is 0.465 e. The van der Waals surface area contributed by atoms with E-state index in [9.17, 15) is 0 Å². The molecule has 0 bridgehead atoms. The zero-order valence-electron chi connectivity index (χ0n) is 8.55. The number of H-pyrrole nitrogens is 1. The van der Waals surface area contributed by atoms with Crippen LogP contribution in [0.5, 0.6) is 0 Å². The molecule has 0 spiro atoms. The van der Waals surface area contributed by atoms with Gasteiger partial charge in [-0.2, -0.15) is 5.10 Å². The van der Waals surface area contributed by atoms with E-state index in [-0.39, 0.29) is 0 Å². The summed E-state index contributed by atoms with van der Waals surface area (Å²) in [5.74, 6) is 0.826. The van der Waals surface area contributed by atoms with Gasteiger partial charge >= 0.3 is 0 Å². The van der Waals surface area contributed by atoms with E-state index in [0.29, 0.717) is 0 Å². The summed E-state index contributed by atoms with van der Waals surface area (Å²) in [5.41, 5.74) is 1.97. The fourth-order valence-electron chi connectivity index (χ4n) is 1.66. The summed E-state index contributed by atoms with van der Waals surface area (Å²) < 4.78 is 5.22. The van der Waals surface area contributed by atoms with Crippen molar-refractivity contribution >= 4 is 23.1 Å². The van der Waals surface area contributed by atoms with Gasteiger partial charge in [-0.3, -0.25) is 5.10 Å². The van der Waals surface area contributed by atoms with Gasteiger partial charge in [0.25, 0.3) is 0 Å². The summed E-state index contributed by atoms with van der Waals surface area (Å²) in [6.45, 7) is 0. The van der Waals surface area contributed by atoms with E-state index in [1.165, 1.54) is 0 Å². The first kappa shape index (κ1) is 8.97. The molecule has 0 saturated carbocycles. The number of fused-ring (bicyclic) bond motifs is 1. The van der Waals surface area contributed by atoms with Crippen molar-refractivity contribution in [3.63, 3.8) is 0 Å². The molecule has 3 rings (SSSR count). The number of hydrogen-bond donors (Lipinski definition) is 1. The van der Waals surface area contributed by atoms with E-state index >= 15 is 0 Å². The molecule has 0 aliphatic carbocycles. The van der Waals surface area contributed by atoms with Crippen LogP contribution in [0, 0.1) is 0 Å². The Bertz CT molecular complexity index is 620. The number of aromatic amines is 1. The van der Waals surface area contributed by atoms with Crippen LogP contribution in [-0.2, 0) is 0 Å². The number of nitrogens with one attached hydrogen (secondary N) is 1. The molecule has 0 amide bonds. The minimum absolute atomic E-state index is 0.826. The first-order valence-corrected chi connectivity index (χ1v) is 5.08. The fraction of sp³-hybridized carbons (Fsp3) is 0. The molecule has 0 atom stereocenters. The van der Waals surface area contributed by atoms with Gasteiger partial charge in [-0.25, -0.2) is 0 Å². The standard InChI is InChI=1S/C13H10N2O/c1-2-6-12-11(5-1)13(15-14-12)8-7-10-4-3-9-16-10/h1-9H,(H,14,15)/b8-7+. The normalized spacial score (nSPS) is 11.5. The topological polar surface area (TPSA) is 41.8 Å². The van der Waals surface area contributed by atoms with Crippen molar-refractivity contribution in [3.8, 4) is 0 Å². The number of aromatic nitrogens is 2. The van der Waals surface area contributed by atoms with Crippen LogP contribution in [0.4, 0.5) is 0 Å². The van der Waals surface area contributed by atoms with E-state index in [1.54, 1.807) is 6.26 Å². The summed E-state index contributed by atoms with van der Waals surface area (Å²) in [7, 11) is 0. The second-order valence-electron chi connectivity index (χ2n) is 3.50. The van der Waals surface area contributed by atoms with Crippen molar-refractivity contribution in [2.75, 3.05) is 0 Å². The van der Waals surface area contributed by atoms with Gasteiger partial charge in [0, 0.05) is 5.39 Å². The molecule has 3 aromatic rings. The van der Waals surface area contributed by atoms with E-state index < -0.39 is 0 Å². The van der Waals surface area contributed by atoms with Gasteiger partial charge in [-0.1, -0.05) is 18.2 Å². The van der Waals surface area contributed by atoms with Crippen molar-refractivity contribution < 1.29 is 4.42 Å².